The van der Waals surface area contributed by atoms with Crippen molar-refractivity contribution in [3.63, 3.8) is 0 Å². The lowest BCUT2D eigenvalue weighted by Gasteiger charge is -2.39. The van der Waals surface area contributed by atoms with Gasteiger partial charge in [0.25, 0.3) is 5.91 Å². The largest absolute Gasteiger partial charge is 0.493 e. The summed E-state index contributed by atoms with van der Waals surface area (Å²) >= 11 is 0. The molecule has 0 spiro atoms. The van der Waals surface area contributed by atoms with Crippen LogP contribution in [0.3, 0.4) is 0 Å². The number of piperidine rings is 1. The molecule has 8 heteroatoms. The number of likely N-dealkylation sites (tertiary alicyclic amines) is 1. The molecule has 2 atom stereocenters. The van der Waals surface area contributed by atoms with E-state index in [0.717, 1.165) is 23.1 Å². The van der Waals surface area contributed by atoms with E-state index in [4.69, 9.17) is 14.2 Å². The van der Waals surface area contributed by atoms with E-state index in [9.17, 15) is 14.7 Å². The Hall–Kier alpha value is -3.88. The summed E-state index contributed by atoms with van der Waals surface area (Å²) < 4.78 is 18.0. The zero-order valence-electron chi connectivity index (χ0n) is 24.6. The molecule has 5 rings (SSSR count). The zero-order chi connectivity index (χ0) is 29.7. The van der Waals surface area contributed by atoms with Crippen LogP contribution in [0.1, 0.15) is 60.2 Å². The Bertz CT molecular complexity index is 1400. The summed E-state index contributed by atoms with van der Waals surface area (Å²) in [7, 11) is 1.60. The van der Waals surface area contributed by atoms with Gasteiger partial charge in [-0.3, -0.25) is 9.59 Å². The maximum atomic E-state index is 13.5. The second kappa shape index (κ2) is 13.0. The number of nitrogens with zero attached hydrogens (tertiary/aromatic N) is 1. The van der Waals surface area contributed by atoms with E-state index in [1.807, 2.05) is 66.7 Å². The molecule has 0 radical (unpaired) electrons. The first-order chi connectivity index (χ1) is 20.2. The summed E-state index contributed by atoms with van der Waals surface area (Å²) in [4.78, 5) is 28.4. The predicted octanol–water partition coefficient (Wildman–Crippen LogP) is 5.05. The fraction of sp³-hybridized carbons (Fsp3) is 0.412. The maximum absolute atomic E-state index is 13.5. The van der Waals surface area contributed by atoms with Crippen molar-refractivity contribution in [3.8, 4) is 17.2 Å². The van der Waals surface area contributed by atoms with Crippen molar-refractivity contribution in [3.05, 3.63) is 89.0 Å². The minimum atomic E-state index is -0.731. The summed E-state index contributed by atoms with van der Waals surface area (Å²) in [6, 6.07) is 20.7. The molecule has 2 heterocycles. The first-order valence-corrected chi connectivity index (χ1v) is 14.6. The highest BCUT2D eigenvalue weighted by molar-refractivity contribution is 5.94. The molecule has 3 aromatic carbocycles. The van der Waals surface area contributed by atoms with Crippen LogP contribution in [0.5, 0.6) is 17.2 Å². The van der Waals surface area contributed by atoms with Gasteiger partial charge in [-0.15, -0.1) is 0 Å². The predicted molar refractivity (Wildman–Crippen MR) is 160 cm³/mol. The van der Waals surface area contributed by atoms with Gasteiger partial charge in [-0.25, -0.2) is 0 Å². The minimum absolute atomic E-state index is 0.0664. The summed E-state index contributed by atoms with van der Waals surface area (Å²) in [5.74, 6) is 1.74. The van der Waals surface area contributed by atoms with E-state index >= 15 is 0 Å². The van der Waals surface area contributed by atoms with E-state index in [-0.39, 0.29) is 24.0 Å². The monoisotopic (exact) mass is 572 g/mol. The van der Waals surface area contributed by atoms with Gasteiger partial charge in [0.1, 0.15) is 5.75 Å². The number of amides is 2. The first-order valence-electron chi connectivity index (χ1n) is 14.6. The molecule has 3 aromatic rings. The molecule has 1 saturated heterocycles. The van der Waals surface area contributed by atoms with Crippen LogP contribution in [-0.2, 0) is 29.0 Å². The molecule has 0 aliphatic carbocycles. The molecule has 2 aliphatic rings. The third-order valence-corrected chi connectivity index (χ3v) is 7.87. The van der Waals surface area contributed by atoms with Gasteiger partial charge in [-0.2, -0.15) is 0 Å². The summed E-state index contributed by atoms with van der Waals surface area (Å²) in [6.45, 7) is 4.84. The lowest BCUT2D eigenvalue weighted by atomic mass is 9.97. The third-order valence-electron chi connectivity index (χ3n) is 7.87. The molecule has 8 nitrogen and oxygen atoms in total. The number of fused-ring (bicyclic) bond motifs is 5. The van der Waals surface area contributed by atoms with Crippen molar-refractivity contribution in [2.75, 3.05) is 20.2 Å². The number of rotatable bonds is 5. The molecule has 222 valence electrons. The number of hydrogen-bond acceptors (Lipinski definition) is 6. The molecular weight excluding hydrogens is 532 g/mol. The number of carbonyl (C=O) groups is 2. The normalized spacial score (nSPS) is 19.4. The van der Waals surface area contributed by atoms with E-state index in [0.29, 0.717) is 68.2 Å². The summed E-state index contributed by atoms with van der Waals surface area (Å²) in [5, 5.41) is 13.2. The molecule has 1 fully saturated rings. The van der Waals surface area contributed by atoms with E-state index in [1.165, 1.54) is 0 Å². The van der Waals surface area contributed by atoms with E-state index in [2.05, 4.69) is 5.32 Å². The average molecular weight is 573 g/mol. The van der Waals surface area contributed by atoms with Gasteiger partial charge >= 0.3 is 0 Å². The van der Waals surface area contributed by atoms with Crippen molar-refractivity contribution < 1.29 is 28.9 Å². The van der Waals surface area contributed by atoms with Gasteiger partial charge in [0, 0.05) is 25.1 Å². The highest BCUT2D eigenvalue weighted by Gasteiger charge is 2.33. The van der Waals surface area contributed by atoms with Crippen molar-refractivity contribution in [2.24, 2.45) is 0 Å². The van der Waals surface area contributed by atoms with Gasteiger partial charge < -0.3 is 29.5 Å². The van der Waals surface area contributed by atoms with Crippen LogP contribution in [0, 0.1) is 0 Å². The van der Waals surface area contributed by atoms with Gasteiger partial charge in [-0.1, -0.05) is 30.3 Å². The summed E-state index contributed by atoms with van der Waals surface area (Å²) in [5.41, 5.74) is 2.87. The molecule has 2 N–H and O–H groups in total. The molecule has 42 heavy (non-hydrogen) atoms. The number of nitrogens with one attached hydrogen (secondary N) is 1. The first kappa shape index (κ1) is 29.6. The Morgan fingerprint density at radius 1 is 1.07 bits per heavy atom. The Morgan fingerprint density at radius 2 is 1.88 bits per heavy atom. The molecule has 0 saturated carbocycles. The number of aliphatic hydroxyl groups is 1. The second-order valence-electron chi connectivity index (χ2n) is 11.8. The fourth-order valence-corrected chi connectivity index (χ4v) is 5.42. The topological polar surface area (TPSA) is 97.3 Å². The molecule has 0 unspecified atom stereocenters. The van der Waals surface area contributed by atoms with Gasteiger partial charge in [0.2, 0.25) is 5.91 Å². The number of carbonyl (C=O) groups excluding carboxylic acids is 2. The third kappa shape index (κ3) is 7.69. The second-order valence-corrected chi connectivity index (χ2v) is 11.8. The Morgan fingerprint density at radius 3 is 2.64 bits per heavy atom. The van der Waals surface area contributed by atoms with Crippen LogP contribution in [0.4, 0.5) is 0 Å². The van der Waals surface area contributed by atoms with Crippen LogP contribution in [0.25, 0.3) is 0 Å². The van der Waals surface area contributed by atoms with Crippen LogP contribution in [0.15, 0.2) is 66.7 Å². The molecule has 2 amide bonds. The minimum Gasteiger partial charge on any atom is -0.493 e. The number of methoxy groups -OCH3 is 1. The number of ether oxygens (including phenoxy) is 3. The van der Waals surface area contributed by atoms with Gasteiger partial charge in [0.05, 0.1) is 31.5 Å². The highest BCUT2D eigenvalue weighted by Crippen LogP contribution is 2.33. The lowest BCUT2D eigenvalue weighted by Crippen LogP contribution is -2.57. The SMILES string of the molecule is COc1ccc2cc1Oc1cccc(c1)CO[C@@H]1CCN(C(=O)c3ccc(CCC(C)(C)O)cc3)C[C@@H]1NC(=O)CC2. The Balaban J connectivity index is 1.31. The van der Waals surface area contributed by atoms with Crippen LogP contribution in [-0.4, -0.2) is 59.8 Å². The Labute approximate surface area is 247 Å². The van der Waals surface area contributed by atoms with E-state index in [1.54, 1.807) is 25.9 Å². The molecule has 4 bridgehead atoms. The van der Waals surface area contributed by atoms with Crippen molar-refractivity contribution in [2.45, 2.75) is 70.3 Å². The number of hydrogen-bond donors (Lipinski definition) is 2. The quantitative estimate of drug-likeness (QED) is 0.444. The molecule has 0 aromatic heterocycles. The van der Waals surface area contributed by atoms with Gasteiger partial charge in [0.15, 0.2) is 11.5 Å². The van der Waals surface area contributed by atoms with Crippen LogP contribution < -0.4 is 14.8 Å². The summed E-state index contributed by atoms with van der Waals surface area (Å²) in [6.07, 6.45) is 2.58. The van der Waals surface area contributed by atoms with Crippen molar-refractivity contribution in [1.82, 2.24) is 10.2 Å². The van der Waals surface area contributed by atoms with Crippen molar-refractivity contribution >= 4 is 11.8 Å². The standard InChI is InChI=1S/C34H40N2O6/c1-34(2,39)17-15-23-7-11-26(12-8-23)33(38)36-18-16-29-28(21-36)35-32(37)14-10-24-9-13-30(40-3)31(20-24)42-27-6-4-5-25(19-27)22-41-29/h4-9,11-13,19-20,28-29,39H,10,14-18,21-22H2,1-3H3,(H,35,37)/t28-,29+/m0/s1. The smallest absolute Gasteiger partial charge is 0.253 e. The lowest BCUT2D eigenvalue weighted by molar-refractivity contribution is -0.124. The maximum Gasteiger partial charge on any atom is 0.253 e. The Kier molecular flexibility index (Phi) is 9.14. The fourth-order valence-electron chi connectivity index (χ4n) is 5.42. The van der Waals surface area contributed by atoms with E-state index < -0.39 is 5.60 Å². The molecular formula is C34H40N2O6. The number of benzene rings is 3. The zero-order valence-corrected chi connectivity index (χ0v) is 24.6. The molecule has 2 aliphatic heterocycles. The highest BCUT2D eigenvalue weighted by atomic mass is 16.5. The van der Waals surface area contributed by atoms with Crippen LogP contribution >= 0.6 is 0 Å². The van der Waals surface area contributed by atoms with Crippen LogP contribution in [0.2, 0.25) is 0 Å². The van der Waals surface area contributed by atoms with Gasteiger partial charge in [-0.05, 0) is 92.6 Å². The van der Waals surface area contributed by atoms with Crippen molar-refractivity contribution in [1.29, 1.82) is 0 Å². The number of aryl methyl sites for hydroxylation is 2. The average Bonchev–Trinajstić information content (AvgIpc) is 2.98.